The van der Waals surface area contributed by atoms with E-state index >= 15 is 0 Å². The highest BCUT2D eigenvalue weighted by atomic mass is 15.2. The average molecular weight is 1250 g/mol. The van der Waals surface area contributed by atoms with Crippen LogP contribution in [-0.2, 0) is 16.2 Å². The predicted octanol–water partition coefficient (Wildman–Crippen LogP) is 22.5. The fourth-order valence-electron chi connectivity index (χ4n) is 13.9. The van der Waals surface area contributed by atoms with Gasteiger partial charge in [-0.2, -0.15) is 0 Å². The van der Waals surface area contributed by atoms with Crippen LogP contribution >= 0.6 is 0 Å². The van der Waals surface area contributed by atoms with Gasteiger partial charge in [-0.1, -0.05) is 286 Å². The van der Waals surface area contributed by atoms with Crippen molar-refractivity contribution in [3.8, 4) is 55.9 Å². The Morgan fingerprint density at radius 1 is 0.305 bits per heavy atom. The maximum atomic E-state index is 11.6. The van der Waals surface area contributed by atoms with Crippen molar-refractivity contribution in [3.63, 3.8) is 0 Å². The molecule has 0 spiro atoms. The fourth-order valence-corrected chi connectivity index (χ4v) is 13.9. The van der Waals surface area contributed by atoms with Gasteiger partial charge >= 0.3 is 0 Å². The number of hydrogen-bond donors (Lipinski definition) is 0. The molecule has 0 fully saturated rings. The maximum absolute atomic E-state index is 11.6. The van der Waals surface area contributed by atoms with Gasteiger partial charge < -0.3 is 18.9 Å². The summed E-state index contributed by atoms with van der Waals surface area (Å²) in [6.45, 7) is 17.3. The molecule has 0 unspecified atom stereocenters. The first-order chi connectivity index (χ1) is 55.2. The molecule has 2 aliphatic heterocycles. The lowest BCUT2D eigenvalue weighted by molar-refractivity contribution is 0.590. The lowest BCUT2D eigenvalue weighted by atomic mass is 9.33. The predicted molar refractivity (Wildman–Crippen MR) is 407 cm³/mol. The summed E-state index contributed by atoms with van der Waals surface area (Å²) in [5, 5.41) is -1.39. The minimum Gasteiger partial charge on any atom is -0.311 e. The monoisotopic (exact) mass is 1240 g/mol. The van der Waals surface area contributed by atoms with Crippen molar-refractivity contribution in [3.05, 3.63) is 307 Å². The van der Waals surface area contributed by atoms with Gasteiger partial charge in [-0.3, -0.25) is 0 Å². The Bertz CT molecular complexity index is 6670. The SMILES string of the molecule is [2H]c1c([2H])c(-n2c3c([2H])c([2H])c([2H])c([2H])c3c3c([2H])c([2H])c([2H])c([2H])c32)c([2H])c2c1B1c3c(cc(-c4ccccc4)cc3N(c3c(-c4ccc(C(C)(C)C)cc4)cccc3-c3ccc(C(C)(C)C)cc3)c3c([2H])c(-n4c5c([2H])c([2H])c([2H])c([2H])c5c5c([2H])c([2H])c([2H])c([2H])c54)c([2H])c([2H])c31)N2c1ccccc1-c1ccc(C(C)(C)C)cc1. The van der Waals surface area contributed by atoms with E-state index in [1.807, 2.05) is 163 Å². The summed E-state index contributed by atoms with van der Waals surface area (Å²) >= 11 is 0. The Morgan fingerprint density at radius 3 is 1.11 bits per heavy atom. The van der Waals surface area contributed by atoms with Crippen LogP contribution in [0.1, 0.15) is 109 Å². The van der Waals surface area contributed by atoms with Crippen LogP contribution in [0.4, 0.5) is 34.1 Å². The molecule has 0 saturated heterocycles. The summed E-state index contributed by atoms with van der Waals surface area (Å²) in [6, 6.07) is 35.0. The largest absolute Gasteiger partial charge is 0.311 e. The molecular formula is C90H75BN4. The number of para-hydroxylation sites is 6. The minimum absolute atomic E-state index is 0.150. The van der Waals surface area contributed by atoms with Crippen LogP contribution in [0, 0.1) is 0 Å². The smallest absolute Gasteiger partial charge is 0.252 e. The van der Waals surface area contributed by atoms with Crippen molar-refractivity contribution in [1.29, 1.82) is 0 Å². The quantitative estimate of drug-likeness (QED) is 0.141. The highest BCUT2D eigenvalue weighted by molar-refractivity contribution is 7.00. The van der Waals surface area contributed by atoms with E-state index in [-0.39, 0.29) is 65.8 Å². The van der Waals surface area contributed by atoms with Crippen LogP contribution in [0.25, 0.3) is 99.5 Å². The molecule has 15 aromatic rings. The van der Waals surface area contributed by atoms with Crippen molar-refractivity contribution >= 4 is 101 Å². The van der Waals surface area contributed by atoms with Crippen LogP contribution in [-0.4, -0.2) is 15.8 Å². The molecule has 13 aromatic carbocycles. The third kappa shape index (κ3) is 9.49. The molecule has 0 radical (unpaired) electrons. The summed E-state index contributed by atoms with van der Waals surface area (Å²) in [7, 11) is 0. The third-order valence-corrected chi connectivity index (χ3v) is 18.8. The Kier molecular flexibility index (Phi) is 8.97. The molecule has 5 heteroatoms. The highest BCUT2D eigenvalue weighted by Gasteiger charge is 2.45. The van der Waals surface area contributed by atoms with Gasteiger partial charge in [-0.15, -0.1) is 0 Å². The first-order valence-electron chi connectivity index (χ1n) is 42.9. The van der Waals surface area contributed by atoms with Crippen molar-refractivity contribution in [2.75, 3.05) is 9.80 Å². The van der Waals surface area contributed by atoms with Crippen LogP contribution in [0.2, 0.25) is 0 Å². The lowest BCUT2D eigenvalue weighted by Gasteiger charge is -2.45. The number of hydrogen-bond acceptors (Lipinski definition) is 2. The van der Waals surface area contributed by atoms with Crippen LogP contribution < -0.4 is 26.2 Å². The van der Waals surface area contributed by atoms with Gasteiger partial charge in [-0.05, 0) is 144 Å². The third-order valence-electron chi connectivity index (χ3n) is 18.8. The van der Waals surface area contributed by atoms with E-state index in [0.717, 1.165) is 25.8 Å². The molecule has 0 N–H and O–H groups in total. The normalized spacial score (nSPS) is 16.3. The van der Waals surface area contributed by atoms with Gasteiger partial charge in [0.2, 0.25) is 0 Å². The molecule has 17 rings (SSSR count). The minimum atomic E-state index is -1.62. The summed E-state index contributed by atoms with van der Waals surface area (Å²) in [6.07, 6.45) is 0. The summed E-state index contributed by atoms with van der Waals surface area (Å²) in [5.41, 5.74) is 5.32. The van der Waals surface area contributed by atoms with E-state index in [9.17, 15) is 24.7 Å². The molecule has 4 heterocycles. The molecule has 0 atom stereocenters. The topological polar surface area (TPSA) is 16.3 Å². The zero-order valence-electron chi connectivity index (χ0n) is 75.9. The maximum Gasteiger partial charge on any atom is 0.252 e. The molecule has 458 valence electrons. The Hall–Kier alpha value is -10.9. The Labute approximate surface area is 589 Å². The van der Waals surface area contributed by atoms with E-state index in [1.54, 1.807) is 4.90 Å². The first kappa shape index (κ1) is 39.0. The molecule has 95 heavy (non-hydrogen) atoms. The summed E-state index contributed by atoms with van der Waals surface area (Å²) in [5.74, 6) is 0. The molecule has 2 aliphatic rings. The zero-order valence-corrected chi connectivity index (χ0v) is 53.9. The zero-order chi connectivity index (χ0) is 83.8. The molecule has 0 saturated carbocycles. The van der Waals surface area contributed by atoms with Gasteiger partial charge in [0, 0.05) is 72.4 Å². The van der Waals surface area contributed by atoms with Gasteiger partial charge in [0.05, 0.1) is 63.6 Å². The van der Waals surface area contributed by atoms with Crippen LogP contribution in [0.15, 0.2) is 291 Å². The van der Waals surface area contributed by atoms with E-state index in [1.165, 1.54) is 0 Å². The molecular weight excluding hydrogens is 1150 g/mol. The van der Waals surface area contributed by atoms with Crippen LogP contribution in [0.3, 0.4) is 0 Å². The van der Waals surface area contributed by atoms with Crippen molar-refractivity contribution in [1.82, 2.24) is 9.13 Å². The van der Waals surface area contributed by atoms with Gasteiger partial charge in [-0.25, -0.2) is 0 Å². The average Bonchev–Trinajstić information content (AvgIpc) is 1.45. The summed E-state index contributed by atoms with van der Waals surface area (Å²) < 4.78 is 220. The van der Waals surface area contributed by atoms with E-state index in [0.29, 0.717) is 67.0 Å². The van der Waals surface area contributed by atoms with Crippen molar-refractivity contribution < 1.29 is 30.2 Å². The second-order valence-electron chi connectivity index (χ2n) is 27.6. The number of anilines is 6. The van der Waals surface area contributed by atoms with Crippen molar-refractivity contribution in [2.24, 2.45) is 0 Å². The first-order valence-corrected chi connectivity index (χ1v) is 31.9. The standard InChI is InChI=1S/C90H75BN4/c1-88(2,3)63-44-38-59(39-45-63)68-26-13-18-33-77(68)94-82-56-66(92-78-34-19-14-27-71(78)72-28-15-20-35-79(72)92)50-52-75(82)91-76-53-51-67(93-80-36-21-16-29-73(80)74-30-17-22-37-81(74)93)57-83(76)95(85-55-62(54-84(94)86(85)91)58-24-11-10-12-25-58)87-69(60-40-46-64(47-41-60)89(4,5)6)31-23-32-70(87)61-42-48-65(49-43-61)90(7,8)9/h10-57H,1-9H3/i14D,15D,16D,17D,19D,20D,21D,22D,27D,28D,29D,30D,34D,35D,36D,37D,50D,51D,52D,53D,56D,57D. The molecule has 0 amide bonds. The second kappa shape index (κ2) is 21.9. The second-order valence-corrected chi connectivity index (χ2v) is 27.6. The van der Waals surface area contributed by atoms with Crippen molar-refractivity contribution in [2.45, 2.75) is 78.6 Å². The highest BCUT2D eigenvalue weighted by Crippen LogP contribution is 2.53. The lowest BCUT2D eigenvalue weighted by Crippen LogP contribution is -2.61. The molecule has 4 nitrogen and oxygen atoms in total. The van der Waals surface area contributed by atoms with Gasteiger partial charge in [0.1, 0.15) is 0 Å². The van der Waals surface area contributed by atoms with Crippen LogP contribution in [0.5, 0.6) is 0 Å². The van der Waals surface area contributed by atoms with E-state index < -0.39 is 173 Å². The van der Waals surface area contributed by atoms with E-state index in [4.69, 9.17) is 5.48 Å². The van der Waals surface area contributed by atoms with Gasteiger partial charge in [0.25, 0.3) is 6.71 Å². The van der Waals surface area contributed by atoms with Gasteiger partial charge in [0.15, 0.2) is 0 Å². The summed E-state index contributed by atoms with van der Waals surface area (Å²) in [4.78, 5) is 3.66. The molecule has 0 aliphatic carbocycles. The number of benzene rings is 13. The number of aromatic nitrogens is 2. The molecule has 0 bridgehead atoms. The van der Waals surface area contributed by atoms with E-state index in [2.05, 4.69) is 62.3 Å². The number of rotatable bonds is 8. The fraction of sp³-hybridized carbons (Fsp3) is 0.133. The number of nitrogens with zero attached hydrogens (tertiary/aromatic N) is 4. The Balaban J connectivity index is 1.13. The molecule has 2 aromatic heterocycles. The number of fused-ring (bicyclic) bond motifs is 10. The Morgan fingerprint density at radius 2 is 0.674 bits per heavy atom.